The molecule has 0 bridgehead atoms. The third-order valence-electron chi connectivity index (χ3n) is 5.04. The summed E-state index contributed by atoms with van der Waals surface area (Å²) in [6.45, 7) is 1.63. The van der Waals surface area contributed by atoms with Crippen LogP contribution >= 0.6 is 0 Å². The van der Waals surface area contributed by atoms with E-state index in [0.717, 1.165) is 12.8 Å². The molecule has 2 aliphatic heterocycles. The van der Waals surface area contributed by atoms with Gasteiger partial charge in [-0.15, -0.1) is 0 Å². The van der Waals surface area contributed by atoms with Crippen molar-refractivity contribution in [3.63, 3.8) is 0 Å². The molecule has 146 valence electrons. The predicted molar refractivity (Wildman–Crippen MR) is 102 cm³/mol. The number of para-hydroxylation sites is 2. The number of alkyl carbamates (subject to hydrolysis) is 1. The number of carbonyl (C=O) groups excluding carboxylic acids is 2. The molecule has 1 aromatic heterocycles. The Morgan fingerprint density at radius 1 is 1.21 bits per heavy atom. The Hall–Kier alpha value is -3.29. The number of pyridine rings is 1. The second kappa shape index (κ2) is 7.75. The minimum Gasteiger partial charge on any atom is -0.454 e. The molecule has 0 radical (unpaired) electrons. The SMILES string of the molecule is O=C1NC[C@@]2(CCCN(C(=O)Nc3ccccc3Oc3cccnc3)CC2)O1. The second-order valence-electron chi connectivity index (χ2n) is 6.98. The first-order valence-electron chi connectivity index (χ1n) is 9.33. The maximum atomic E-state index is 12.8. The third kappa shape index (κ3) is 4.00. The van der Waals surface area contributed by atoms with E-state index in [0.29, 0.717) is 43.2 Å². The van der Waals surface area contributed by atoms with E-state index in [4.69, 9.17) is 9.47 Å². The number of anilines is 1. The molecule has 1 atom stereocenters. The number of urea groups is 1. The lowest BCUT2D eigenvalue weighted by atomic mass is 9.95. The highest BCUT2D eigenvalue weighted by atomic mass is 16.6. The number of benzene rings is 1. The van der Waals surface area contributed by atoms with Crippen molar-refractivity contribution in [1.29, 1.82) is 0 Å². The van der Waals surface area contributed by atoms with Gasteiger partial charge in [0.1, 0.15) is 11.4 Å². The van der Waals surface area contributed by atoms with Crippen molar-refractivity contribution >= 4 is 17.8 Å². The van der Waals surface area contributed by atoms with E-state index in [9.17, 15) is 9.59 Å². The molecule has 28 heavy (non-hydrogen) atoms. The van der Waals surface area contributed by atoms with Crippen LogP contribution in [-0.4, -0.2) is 47.2 Å². The van der Waals surface area contributed by atoms with E-state index in [1.807, 2.05) is 12.1 Å². The molecule has 2 saturated heterocycles. The standard InChI is InChI=1S/C20H22N4O4/c25-18(24-11-4-8-20(9-12-24)14-22-19(26)28-20)23-16-6-1-2-7-17(16)27-15-5-3-10-21-13-15/h1-3,5-7,10,13H,4,8-9,11-12,14H2,(H,22,26)(H,23,25)/t20-/m0/s1. The molecule has 1 aromatic carbocycles. The van der Waals surface area contributed by atoms with Crippen molar-refractivity contribution in [2.75, 3.05) is 25.0 Å². The number of likely N-dealkylation sites (tertiary alicyclic amines) is 1. The lowest BCUT2D eigenvalue weighted by molar-refractivity contribution is 0.0454. The number of aromatic nitrogens is 1. The topological polar surface area (TPSA) is 92.8 Å². The Balaban J connectivity index is 1.42. The van der Waals surface area contributed by atoms with E-state index in [1.165, 1.54) is 0 Å². The van der Waals surface area contributed by atoms with Gasteiger partial charge in [0, 0.05) is 25.7 Å². The summed E-state index contributed by atoms with van der Waals surface area (Å²) >= 11 is 0. The van der Waals surface area contributed by atoms with Crippen LogP contribution in [-0.2, 0) is 4.74 Å². The van der Waals surface area contributed by atoms with Crippen molar-refractivity contribution in [1.82, 2.24) is 15.2 Å². The first-order valence-corrected chi connectivity index (χ1v) is 9.33. The van der Waals surface area contributed by atoms with Crippen LogP contribution in [0.4, 0.5) is 15.3 Å². The van der Waals surface area contributed by atoms with Crippen LogP contribution in [0.5, 0.6) is 11.5 Å². The van der Waals surface area contributed by atoms with Crippen molar-refractivity contribution < 1.29 is 19.1 Å². The summed E-state index contributed by atoms with van der Waals surface area (Å²) < 4.78 is 11.3. The zero-order valence-corrected chi connectivity index (χ0v) is 15.4. The van der Waals surface area contributed by atoms with Gasteiger partial charge in [0.15, 0.2) is 5.75 Å². The highest BCUT2D eigenvalue weighted by molar-refractivity contribution is 5.91. The zero-order valence-electron chi connectivity index (χ0n) is 15.4. The summed E-state index contributed by atoms with van der Waals surface area (Å²) in [7, 11) is 0. The predicted octanol–water partition coefficient (Wildman–Crippen LogP) is 3.37. The van der Waals surface area contributed by atoms with Gasteiger partial charge < -0.3 is 25.0 Å². The molecule has 3 amide bonds. The number of hydrogen-bond donors (Lipinski definition) is 2. The number of rotatable bonds is 3. The summed E-state index contributed by atoms with van der Waals surface area (Å²) in [5.41, 5.74) is 0.0947. The van der Waals surface area contributed by atoms with Crippen LogP contribution in [0.15, 0.2) is 48.8 Å². The Morgan fingerprint density at radius 3 is 2.89 bits per heavy atom. The van der Waals surface area contributed by atoms with E-state index in [2.05, 4.69) is 15.6 Å². The van der Waals surface area contributed by atoms with Crippen LogP contribution in [0.2, 0.25) is 0 Å². The number of nitrogens with one attached hydrogen (secondary N) is 2. The van der Waals surface area contributed by atoms with Crippen LogP contribution in [0, 0.1) is 0 Å². The quantitative estimate of drug-likeness (QED) is 0.849. The Morgan fingerprint density at radius 2 is 2.11 bits per heavy atom. The van der Waals surface area contributed by atoms with Crippen molar-refractivity contribution in [3.8, 4) is 11.5 Å². The summed E-state index contributed by atoms with van der Waals surface area (Å²) in [6, 6.07) is 10.7. The number of amides is 3. The maximum absolute atomic E-state index is 12.8. The molecule has 0 aliphatic carbocycles. The van der Waals surface area contributed by atoms with E-state index < -0.39 is 5.60 Å². The second-order valence-corrected chi connectivity index (χ2v) is 6.98. The molecule has 0 saturated carbocycles. The first kappa shape index (κ1) is 18.1. The monoisotopic (exact) mass is 382 g/mol. The largest absolute Gasteiger partial charge is 0.454 e. The van der Waals surface area contributed by atoms with Gasteiger partial charge in [-0.1, -0.05) is 12.1 Å². The first-order chi connectivity index (χ1) is 13.6. The molecule has 2 N–H and O–H groups in total. The maximum Gasteiger partial charge on any atom is 0.407 e. The van der Waals surface area contributed by atoms with Gasteiger partial charge in [0.05, 0.1) is 18.4 Å². The average Bonchev–Trinajstić information content (AvgIpc) is 2.94. The normalized spacial score (nSPS) is 21.6. The molecule has 2 fully saturated rings. The van der Waals surface area contributed by atoms with Crippen LogP contribution in [0.1, 0.15) is 19.3 Å². The number of carbonyl (C=O) groups is 2. The van der Waals surface area contributed by atoms with Crippen LogP contribution in [0.3, 0.4) is 0 Å². The molecule has 2 aliphatic rings. The fourth-order valence-corrected chi connectivity index (χ4v) is 3.54. The van der Waals surface area contributed by atoms with Gasteiger partial charge in [0.2, 0.25) is 0 Å². The Kier molecular flexibility index (Phi) is 5.01. The van der Waals surface area contributed by atoms with Gasteiger partial charge in [-0.3, -0.25) is 4.98 Å². The molecule has 8 heteroatoms. The Labute approximate surface area is 162 Å². The minimum absolute atomic E-state index is 0.198. The highest BCUT2D eigenvalue weighted by Gasteiger charge is 2.41. The van der Waals surface area contributed by atoms with Gasteiger partial charge in [-0.05, 0) is 37.1 Å². The lowest BCUT2D eigenvalue weighted by Gasteiger charge is -2.25. The van der Waals surface area contributed by atoms with Crippen molar-refractivity contribution in [2.24, 2.45) is 0 Å². The smallest absolute Gasteiger partial charge is 0.407 e. The fraction of sp³-hybridized carbons (Fsp3) is 0.350. The van der Waals surface area contributed by atoms with Gasteiger partial charge >= 0.3 is 12.1 Å². The number of nitrogens with zero attached hydrogens (tertiary/aromatic N) is 2. The molecule has 4 rings (SSSR count). The Bertz CT molecular complexity index is 860. The fourth-order valence-electron chi connectivity index (χ4n) is 3.54. The summed E-state index contributed by atoms with van der Waals surface area (Å²) in [4.78, 5) is 30.0. The van der Waals surface area contributed by atoms with Crippen LogP contribution < -0.4 is 15.4 Å². The molecule has 2 aromatic rings. The lowest BCUT2D eigenvalue weighted by Crippen LogP contribution is -2.38. The molecule has 8 nitrogen and oxygen atoms in total. The number of hydrogen-bond acceptors (Lipinski definition) is 5. The molecular formula is C20H22N4O4. The minimum atomic E-state index is -0.493. The number of ether oxygens (including phenoxy) is 2. The average molecular weight is 382 g/mol. The van der Waals surface area contributed by atoms with E-state index in [-0.39, 0.29) is 12.1 Å². The highest BCUT2D eigenvalue weighted by Crippen LogP contribution is 2.31. The molecular weight excluding hydrogens is 360 g/mol. The van der Waals surface area contributed by atoms with Crippen molar-refractivity contribution in [3.05, 3.63) is 48.8 Å². The van der Waals surface area contributed by atoms with E-state index >= 15 is 0 Å². The molecule has 3 heterocycles. The molecule has 0 unspecified atom stereocenters. The third-order valence-corrected chi connectivity index (χ3v) is 5.04. The van der Waals surface area contributed by atoms with Crippen molar-refractivity contribution in [2.45, 2.75) is 24.9 Å². The summed E-state index contributed by atoms with van der Waals surface area (Å²) in [5.74, 6) is 1.14. The van der Waals surface area contributed by atoms with Gasteiger partial charge in [0.25, 0.3) is 0 Å². The molecule has 1 spiro atoms. The zero-order chi connectivity index (χ0) is 19.4. The summed E-state index contributed by atoms with van der Waals surface area (Å²) in [6.07, 6.45) is 5.05. The summed E-state index contributed by atoms with van der Waals surface area (Å²) in [5, 5.41) is 5.65. The van der Waals surface area contributed by atoms with Gasteiger partial charge in [-0.25, -0.2) is 9.59 Å². The van der Waals surface area contributed by atoms with Crippen LogP contribution in [0.25, 0.3) is 0 Å². The van der Waals surface area contributed by atoms with E-state index in [1.54, 1.807) is 41.6 Å². The van der Waals surface area contributed by atoms with Gasteiger partial charge in [-0.2, -0.15) is 0 Å².